The average Bonchev–Trinajstić information content (AvgIpc) is 2.52. The summed E-state index contributed by atoms with van der Waals surface area (Å²) in [6.45, 7) is 0. The molecule has 0 fully saturated rings. The number of aromatic nitrogens is 1. The number of benzene rings is 1. The van der Waals surface area contributed by atoms with E-state index in [2.05, 4.69) is 15.5 Å². The molecule has 0 radical (unpaired) electrons. The van der Waals surface area contributed by atoms with Crippen LogP contribution in [0.4, 0.5) is 19.0 Å². The Hall–Kier alpha value is -2.57. The molecule has 0 spiro atoms. The summed E-state index contributed by atoms with van der Waals surface area (Å²) in [5.74, 6) is 0.254. The number of alkyl halides is 3. The standard InChI is InChI=1S/C16H17F3N4/c1-20-21-10-11-5-4-6-12(7-11)14-8-13(16(17,18)19)9-15(22-14)23(2)3/h4-10,20H,1-3H3/b21-10-. The highest BCUT2D eigenvalue weighted by molar-refractivity contribution is 5.82. The summed E-state index contributed by atoms with van der Waals surface area (Å²) in [5, 5.41) is 3.90. The third kappa shape index (κ3) is 4.21. The molecule has 2 aromatic rings. The van der Waals surface area contributed by atoms with E-state index in [0.717, 1.165) is 17.7 Å². The lowest BCUT2D eigenvalue weighted by molar-refractivity contribution is -0.137. The van der Waals surface area contributed by atoms with Crippen LogP contribution in [-0.2, 0) is 6.18 Å². The van der Waals surface area contributed by atoms with Crippen LogP contribution in [0.25, 0.3) is 11.3 Å². The zero-order chi connectivity index (χ0) is 17.0. The quantitative estimate of drug-likeness (QED) is 0.693. The number of anilines is 1. The smallest absolute Gasteiger partial charge is 0.363 e. The highest BCUT2D eigenvalue weighted by Crippen LogP contribution is 2.33. The van der Waals surface area contributed by atoms with Gasteiger partial charge < -0.3 is 10.3 Å². The lowest BCUT2D eigenvalue weighted by Gasteiger charge is -2.16. The lowest BCUT2D eigenvalue weighted by Crippen LogP contribution is -2.14. The van der Waals surface area contributed by atoms with Crippen molar-refractivity contribution >= 4 is 12.0 Å². The first-order chi connectivity index (χ1) is 10.8. The molecule has 0 atom stereocenters. The predicted molar refractivity (Wildman–Crippen MR) is 85.7 cm³/mol. The monoisotopic (exact) mass is 322 g/mol. The summed E-state index contributed by atoms with van der Waals surface area (Å²) in [6, 6.07) is 9.12. The summed E-state index contributed by atoms with van der Waals surface area (Å²) in [7, 11) is 4.97. The van der Waals surface area contributed by atoms with Crippen molar-refractivity contribution in [1.82, 2.24) is 10.4 Å². The van der Waals surface area contributed by atoms with Crippen LogP contribution in [0.2, 0.25) is 0 Å². The van der Waals surface area contributed by atoms with Crippen molar-refractivity contribution in [3.8, 4) is 11.3 Å². The SMILES string of the molecule is CN/N=C\c1cccc(-c2cc(C(F)(F)F)cc(N(C)C)n2)c1. The number of nitrogens with zero attached hydrogens (tertiary/aromatic N) is 3. The van der Waals surface area contributed by atoms with Crippen LogP contribution >= 0.6 is 0 Å². The van der Waals surface area contributed by atoms with E-state index in [1.165, 1.54) is 0 Å². The van der Waals surface area contributed by atoms with Crippen molar-refractivity contribution in [3.63, 3.8) is 0 Å². The van der Waals surface area contributed by atoms with E-state index in [9.17, 15) is 13.2 Å². The molecule has 7 heteroatoms. The maximum Gasteiger partial charge on any atom is 0.416 e. The van der Waals surface area contributed by atoms with Crippen LogP contribution in [0.1, 0.15) is 11.1 Å². The van der Waals surface area contributed by atoms with Crippen molar-refractivity contribution < 1.29 is 13.2 Å². The summed E-state index contributed by atoms with van der Waals surface area (Å²) in [6.07, 6.45) is -2.84. The largest absolute Gasteiger partial charge is 0.416 e. The molecule has 0 amide bonds. The van der Waals surface area contributed by atoms with Gasteiger partial charge in [0.05, 0.1) is 17.5 Å². The first-order valence-corrected chi connectivity index (χ1v) is 6.88. The van der Waals surface area contributed by atoms with Crippen LogP contribution in [0.5, 0.6) is 0 Å². The minimum atomic E-state index is -4.42. The van der Waals surface area contributed by atoms with Gasteiger partial charge in [0.2, 0.25) is 0 Å². The Balaban J connectivity index is 2.54. The maximum atomic E-state index is 13.1. The van der Waals surface area contributed by atoms with Crippen LogP contribution < -0.4 is 10.3 Å². The number of hydrogen-bond acceptors (Lipinski definition) is 4. The number of rotatable bonds is 4. The van der Waals surface area contributed by atoms with Gasteiger partial charge in [0.1, 0.15) is 5.82 Å². The molecule has 0 aliphatic rings. The van der Waals surface area contributed by atoms with E-state index in [0.29, 0.717) is 5.56 Å². The summed E-state index contributed by atoms with van der Waals surface area (Å²) >= 11 is 0. The number of pyridine rings is 1. The van der Waals surface area contributed by atoms with Crippen molar-refractivity contribution in [3.05, 3.63) is 47.5 Å². The molecule has 4 nitrogen and oxygen atoms in total. The van der Waals surface area contributed by atoms with Gasteiger partial charge in [-0.05, 0) is 23.8 Å². The van der Waals surface area contributed by atoms with Gasteiger partial charge in [0.25, 0.3) is 0 Å². The van der Waals surface area contributed by atoms with Crippen LogP contribution in [0, 0.1) is 0 Å². The van der Waals surface area contributed by atoms with Gasteiger partial charge in [0, 0.05) is 26.7 Å². The molecule has 0 aliphatic heterocycles. The molecule has 1 N–H and O–H groups in total. The number of halogens is 3. The van der Waals surface area contributed by atoms with Gasteiger partial charge in [-0.1, -0.05) is 18.2 Å². The van der Waals surface area contributed by atoms with E-state index < -0.39 is 11.7 Å². The van der Waals surface area contributed by atoms with Gasteiger partial charge in [-0.2, -0.15) is 18.3 Å². The number of hydrazone groups is 1. The molecule has 0 bridgehead atoms. The van der Waals surface area contributed by atoms with Gasteiger partial charge in [-0.15, -0.1) is 0 Å². The number of hydrogen-bond donors (Lipinski definition) is 1. The van der Waals surface area contributed by atoms with E-state index in [1.807, 2.05) is 6.07 Å². The summed E-state index contributed by atoms with van der Waals surface area (Å²) in [4.78, 5) is 5.85. The van der Waals surface area contributed by atoms with Gasteiger partial charge in [-0.25, -0.2) is 4.98 Å². The second kappa shape index (κ2) is 6.68. The second-order valence-corrected chi connectivity index (χ2v) is 5.10. The van der Waals surface area contributed by atoms with Crippen molar-refractivity contribution in [2.24, 2.45) is 5.10 Å². The first kappa shape index (κ1) is 16.8. The fourth-order valence-corrected chi connectivity index (χ4v) is 1.97. The Morgan fingerprint density at radius 3 is 2.52 bits per heavy atom. The molecule has 1 aromatic heterocycles. The van der Waals surface area contributed by atoms with E-state index in [-0.39, 0.29) is 11.5 Å². The van der Waals surface area contributed by atoms with Gasteiger partial charge in [-0.3, -0.25) is 0 Å². The molecule has 2 rings (SSSR count). The molecule has 122 valence electrons. The normalized spacial score (nSPS) is 11.7. The highest BCUT2D eigenvalue weighted by atomic mass is 19.4. The summed E-state index contributed by atoms with van der Waals surface area (Å²) < 4.78 is 39.3. The lowest BCUT2D eigenvalue weighted by atomic mass is 10.1. The summed E-state index contributed by atoms with van der Waals surface area (Å²) in [5.41, 5.74) is 3.53. The molecule has 0 saturated carbocycles. The molecule has 0 unspecified atom stereocenters. The van der Waals surface area contributed by atoms with E-state index in [1.54, 1.807) is 50.5 Å². The Labute approximate surface area is 132 Å². The molecule has 1 aromatic carbocycles. The van der Waals surface area contributed by atoms with E-state index >= 15 is 0 Å². The minimum absolute atomic E-state index is 0.254. The zero-order valence-corrected chi connectivity index (χ0v) is 13.0. The van der Waals surface area contributed by atoms with E-state index in [4.69, 9.17) is 0 Å². The zero-order valence-electron chi connectivity index (χ0n) is 13.0. The molecule has 23 heavy (non-hydrogen) atoms. The third-order valence-electron chi connectivity index (χ3n) is 3.12. The Morgan fingerprint density at radius 2 is 1.91 bits per heavy atom. The fraction of sp³-hybridized carbons (Fsp3) is 0.250. The maximum absolute atomic E-state index is 13.1. The van der Waals surface area contributed by atoms with Gasteiger partial charge in [0.15, 0.2) is 0 Å². The molecular formula is C16H17F3N4. The Bertz CT molecular complexity index is 709. The average molecular weight is 322 g/mol. The molecule has 1 heterocycles. The van der Waals surface area contributed by atoms with Crippen LogP contribution in [0.3, 0.4) is 0 Å². The van der Waals surface area contributed by atoms with Crippen molar-refractivity contribution in [2.45, 2.75) is 6.18 Å². The topological polar surface area (TPSA) is 40.5 Å². The molecule has 0 aliphatic carbocycles. The first-order valence-electron chi connectivity index (χ1n) is 6.88. The van der Waals surface area contributed by atoms with Crippen LogP contribution in [-0.4, -0.2) is 32.3 Å². The third-order valence-corrected chi connectivity index (χ3v) is 3.12. The molecule has 0 saturated heterocycles. The minimum Gasteiger partial charge on any atom is -0.363 e. The Kier molecular flexibility index (Phi) is 4.88. The molecular weight excluding hydrogens is 305 g/mol. The Morgan fingerprint density at radius 1 is 1.17 bits per heavy atom. The highest BCUT2D eigenvalue weighted by Gasteiger charge is 2.32. The van der Waals surface area contributed by atoms with Crippen LogP contribution in [0.15, 0.2) is 41.5 Å². The second-order valence-electron chi connectivity index (χ2n) is 5.10. The van der Waals surface area contributed by atoms with Crippen molar-refractivity contribution in [1.29, 1.82) is 0 Å². The number of nitrogens with one attached hydrogen (secondary N) is 1. The predicted octanol–water partition coefficient (Wildman–Crippen LogP) is 3.39. The van der Waals surface area contributed by atoms with Crippen molar-refractivity contribution in [2.75, 3.05) is 26.0 Å². The fourth-order valence-electron chi connectivity index (χ4n) is 1.97. The van der Waals surface area contributed by atoms with Gasteiger partial charge >= 0.3 is 6.18 Å².